The highest BCUT2D eigenvalue weighted by molar-refractivity contribution is 9.10. The lowest BCUT2D eigenvalue weighted by Gasteiger charge is -2.10. The van der Waals surface area contributed by atoms with Crippen LogP contribution in [-0.4, -0.2) is 24.2 Å². The highest BCUT2D eigenvalue weighted by atomic mass is 79.9. The van der Waals surface area contributed by atoms with Gasteiger partial charge in [-0.15, -0.1) is 0 Å². The Bertz CT molecular complexity index is 1360. The number of hydrogen-bond donors (Lipinski definition) is 1. The van der Waals surface area contributed by atoms with Crippen LogP contribution in [0.5, 0.6) is 11.5 Å². The van der Waals surface area contributed by atoms with Gasteiger partial charge in [-0.3, -0.25) is 0 Å². The molecule has 0 radical (unpaired) electrons. The Kier molecular flexibility index (Phi) is 10.7. The van der Waals surface area contributed by atoms with E-state index >= 15 is 0 Å². The molecular weight excluding hydrogens is 604 g/mol. The molecule has 0 amide bonds. The maximum Gasteiger partial charge on any atom is 0.338 e. The number of esters is 1. The first-order valence-corrected chi connectivity index (χ1v) is 12.7. The lowest BCUT2D eigenvalue weighted by atomic mass is 10.1. The molecule has 190 valence electrons. The van der Waals surface area contributed by atoms with Gasteiger partial charge in [-0.05, 0) is 68.3 Å². The summed E-state index contributed by atoms with van der Waals surface area (Å²) in [6, 6.07) is 29.1. The first-order valence-electron chi connectivity index (χ1n) is 11.1. The number of hydrogen-bond acceptors (Lipinski definition) is 5. The van der Waals surface area contributed by atoms with Crippen LogP contribution in [0.2, 0.25) is 0 Å². The summed E-state index contributed by atoms with van der Waals surface area (Å²) in [5.41, 5.74) is 2.24. The fraction of sp³-hybridized carbons (Fsp3) is 0.103. The highest BCUT2D eigenvalue weighted by Gasteiger charge is 2.12. The third kappa shape index (κ3) is 8.20. The van der Waals surface area contributed by atoms with E-state index in [9.17, 15) is 9.59 Å². The zero-order valence-electron chi connectivity index (χ0n) is 19.9. The summed E-state index contributed by atoms with van der Waals surface area (Å²) in [5.74, 6) is 0.132. The van der Waals surface area contributed by atoms with Crippen LogP contribution in [0.1, 0.15) is 31.8 Å². The quantitative estimate of drug-likeness (QED) is 0.203. The van der Waals surface area contributed by atoms with Gasteiger partial charge in [-0.25, -0.2) is 9.59 Å². The Morgan fingerprint density at radius 1 is 0.649 bits per heavy atom. The van der Waals surface area contributed by atoms with Crippen molar-refractivity contribution in [2.24, 2.45) is 0 Å². The van der Waals surface area contributed by atoms with Crippen molar-refractivity contribution in [3.05, 3.63) is 128 Å². The number of aromatic carboxylic acids is 1. The zero-order chi connectivity index (χ0) is 26.6. The van der Waals surface area contributed by atoms with E-state index in [-0.39, 0.29) is 18.1 Å². The Morgan fingerprint density at radius 2 is 1.05 bits per heavy atom. The van der Waals surface area contributed by atoms with Crippen LogP contribution >= 0.6 is 31.9 Å². The molecule has 4 rings (SSSR count). The molecule has 4 aromatic rings. The number of carboxylic acid groups (broad SMARTS) is 1. The Balaban J connectivity index is 0.000000206. The highest BCUT2D eigenvalue weighted by Crippen LogP contribution is 2.26. The molecule has 0 saturated heterocycles. The van der Waals surface area contributed by atoms with Crippen molar-refractivity contribution in [2.45, 2.75) is 13.2 Å². The van der Waals surface area contributed by atoms with E-state index in [4.69, 9.17) is 19.3 Å². The van der Waals surface area contributed by atoms with Crippen LogP contribution in [0.15, 0.2) is 106 Å². The maximum absolute atomic E-state index is 11.6. The molecule has 6 nitrogen and oxygen atoms in total. The monoisotopic (exact) mass is 626 g/mol. The van der Waals surface area contributed by atoms with Gasteiger partial charge in [-0.2, -0.15) is 0 Å². The van der Waals surface area contributed by atoms with E-state index in [2.05, 4.69) is 31.9 Å². The van der Waals surface area contributed by atoms with Crippen molar-refractivity contribution in [3.63, 3.8) is 0 Å². The van der Waals surface area contributed by atoms with Crippen molar-refractivity contribution in [1.82, 2.24) is 0 Å². The fourth-order valence-electron chi connectivity index (χ4n) is 3.24. The number of para-hydroxylation sites is 2. The van der Waals surface area contributed by atoms with E-state index in [1.807, 2.05) is 60.7 Å². The Morgan fingerprint density at radius 3 is 1.51 bits per heavy atom. The third-order valence-corrected chi connectivity index (χ3v) is 6.42. The minimum absolute atomic E-state index is 0.227. The molecule has 0 aromatic heterocycles. The van der Waals surface area contributed by atoms with Gasteiger partial charge in [0.05, 0.1) is 27.2 Å². The lowest BCUT2D eigenvalue weighted by Crippen LogP contribution is -2.07. The van der Waals surface area contributed by atoms with Crippen molar-refractivity contribution in [1.29, 1.82) is 0 Å². The average molecular weight is 628 g/mol. The number of carboxylic acids is 1. The average Bonchev–Trinajstić information content (AvgIpc) is 2.92. The largest absolute Gasteiger partial charge is 0.488 e. The molecule has 0 aliphatic carbocycles. The predicted molar refractivity (Wildman–Crippen MR) is 148 cm³/mol. The first kappa shape index (κ1) is 28.0. The summed E-state index contributed by atoms with van der Waals surface area (Å²) < 4.78 is 17.8. The number of carbonyl (C=O) groups excluding carboxylic acids is 1. The van der Waals surface area contributed by atoms with Gasteiger partial charge in [0.25, 0.3) is 0 Å². The number of rotatable bonds is 8. The molecule has 0 spiro atoms. The molecule has 37 heavy (non-hydrogen) atoms. The first-order chi connectivity index (χ1) is 17.9. The zero-order valence-corrected chi connectivity index (χ0v) is 23.1. The Hall–Kier alpha value is -3.62. The van der Waals surface area contributed by atoms with E-state index in [0.717, 1.165) is 20.3 Å². The summed E-state index contributed by atoms with van der Waals surface area (Å²) in [5, 5.41) is 9.05. The smallest absolute Gasteiger partial charge is 0.338 e. The number of carbonyl (C=O) groups is 2. The number of benzene rings is 4. The molecule has 0 heterocycles. The van der Waals surface area contributed by atoms with E-state index in [1.54, 1.807) is 36.4 Å². The molecule has 0 aliphatic heterocycles. The van der Waals surface area contributed by atoms with Crippen molar-refractivity contribution >= 4 is 43.8 Å². The third-order valence-electron chi connectivity index (χ3n) is 5.11. The summed E-state index contributed by atoms with van der Waals surface area (Å²) >= 11 is 6.79. The van der Waals surface area contributed by atoms with Crippen LogP contribution in [0.4, 0.5) is 0 Å². The van der Waals surface area contributed by atoms with Gasteiger partial charge in [0.15, 0.2) is 0 Å². The summed E-state index contributed by atoms with van der Waals surface area (Å²) in [6.07, 6.45) is 0. The van der Waals surface area contributed by atoms with Crippen molar-refractivity contribution in [3.8, 4) is 11.5 Å². The molecule has 0 bridgehead atoms. The lowest BCUT2D eigenvalue weighted by molar-refractivity contribution is 0.0596. The minimum atomic E-state index is -0.943. The molecule has 8 heteroatoms. The van der Waals surface area contributed by atoms with Gasteiger partial charge >= 0.3 is 11.9 Å². The molecule has 0 saturated carbocycles. The van der Waals surface area contributed by atoms with Crippen LogP contribution in [-0.2, 0) is 18.0 Å². The van der Waals surface area contributed by atoms with Gasteiger partial charge in [0, 0.05) is 11.1 Å². The second kappa shape index (κ2) is 14.2. The van der Waals surface area contributed by atoms with Crippen molar-refractivity contribution in [2.75, 3.05) is 7.11 Å². The van der Waals surface area contributed by atoms with Gasteiger partial charge in [0.2, 0.25) is 0 Å². The van der Waals surface area contributed by atoms with Crippen LogP contribution in [0, 0.1) is 0 Å². The summed E-state index contributed by atoms with van der Waals surface area (Å²) in [7, 11) is 1.37. The van der Waals surface area contributed by atoms with Crippen LogP contribution < -0.4 is 9.47 Å². The van der Waals surface area contributed by atoms with Gasteiger partial charge in [0.1, 0.15) is 24.7 Å². The van der Waals surface area contributed by atoms with Crippen LogP contribution in [0.25, 0.3) is 0 Å². The fourth-order valence-corrected chi connectivity index (χ4v) is 4.04. The molecule has 4 aromatic carbocycles. The van der Waals surface area contributed by atoms with Crippen LogP contribution in [0.3, 0.4) is 0 Å². The molecular formula is C29H24Br2O6. The normalized spacial score (nSPS) is 10.0. The van der Waals surface area contributed by atoms with Gasteiger partial charge in [-0.1, -0.05) is 60.7 Å². The van der Waals surface area contributed by atoms with E-state index in [0.29, 0.717) is 23.5 Å². The Labute approximate surface area is 232 Å². The SMILES string of the molecule is COC(=O)c1ccccc1COc1ccccc1Br.O=C(O)c1ccccc1COc1ccccc1Br. The second-order valence-corrected chi connectivity index (χ2v) is 9.26. The molecule has 0 atom stereocenters. The van der Waals surface area contributed by atoms with E-state index in [1.165, 1.54) is 7.11 Å². The van der Waals surface area contributed by atoms with E-state index < -0.39 is 5.97 Å². The molecule has 0 unspecified atom stereocenters. The number of ether oxygens (including phenoxy) is 3. The molecule has 0 fully saturated rings. The topological polar surface area (TPSA) is 82.1 Å². The second-order valence-electron chi connectivity index (χ2n) is 7.55. The molecule has 1 N–H and O–H groups in total. The predicted octanol–water partition coefficient (Wildman–Crippen LogP) is 7.54. The number of methoxy groups -OCH3 is 1. The molecule has 0 aliphatic rings. The standard InChI is InChI=1S/C15H13BrO3.C14H11BrO3/c1-18-15(17)12-7-3-2-6-11(12)10-19-14-9-5-4-8-13(14)16;15-12-7-3-4-8-13(12)18-9-10-5-1-2-6-11(10)14(16)17/h2-9H,10H2,1H3;1-8H,9H2,(H,16,17). The summed E-state index contributed by atoms with van der Waals surface area (Å²) in [4.78, 5) is 22.7. The van der Waals surface area contributed by atoms with Gasteiger partial charge < -0.3 is 19.3 Å². The maximum atomic E-state index is 11.6. The summed E-state index contributed by atoms with van der Waals surface area (Å²) in [6.45, 7) is 0.541. The van der Waals surface area contributed by atoms with Crippen molar-refractivity contribution < 1.29 is 28.9 Å². The number of halogens is 2. The minimum Gasteiger partial charge on any atom is -0.488 e.